The molecule has 0 amide bonds. The Kier molecular flexibility index (Phi) is 7.72. The average Bonchev–Trinajstić information content (AvgIpc) is 3.21. The van der Waals surface area contributed by atoms with Crippen molar-refractivity contribution in [3.63, 3.8) is 0 Å². The quantitative estimate of drug-likeness (QED) is 0.0984. The van der Waals surface area contributed by atoms with E-state index in [0.29, 0.717) is 41.0 Å². The van der Waals surface area contributed by atoms with Gasteiger partial charge < -0.3 is 20.1 Å². The van der Waals surface area contributed by atoms with Gasteiger partial charge in [-0.3, -0.25) is 14.9 Å². The van der Waals surface area contributed by atoms with Gasteiger partial charge in [0.25, 0.3) is 5.69 Å². The first-order chi connectivity index (χ1) is 17.5. The number of carbonyl (C=O) groups excluding carboxylic acids is 1. The summed E-state index contributed by atoms with van der Waals surface area (Å²) in [6.45, 7) is 2.93. The molecule has 0 aliphatic heterocycles. The van der Waals surface area contributed by atoms with Gasteiger partial charge in [-0.15, -0.1) is 0 Å². The fourth-order valence-electron chi connectivity index (χ4n) is 3.88. The number of aromatic hydroxyl groups is 1. The van der Waals surface area contributed by atoms with Crippen molar-refractivity contribution in [2.45, 2.75) is 13.3 Å². The molecule has 4 rings (SSSR count). The van der Waals surface area contributed by atoms with E-state index < -0.39 is 4.92 Å². The Morgan fingerprint density at radius 3 is 2.56 bits per heavy atom. The van der Waals surface area contributed by atoms with E-state index in [2.05, 4.69) is 10.3 Å². The van der Waals surface area contributed by atoms with Gasteiger partial charge >= 0.3 is 5.97 Å². The van der Waals surface area contributed by atoms with Gasteiger partial charge in [0.1, 0.15) is 0 Å². The number of rotatable bonds is 10. The van der Waals surface area contributed by atoms with Crippen LogP contribution in [0.25, 0.3) is 10.9 Å². The van der Waals surface area contributed by atoms with Gasteiger partial charge in [0, 0.05) is 28.6 Å². The molecule has 0 radical (unpaired) electrons. The van der Waals surface area contributed by atoms with Gasteiger partial charge in [0.15, 0.2) is 5.88 Å². The van der Waals surface area contributed by atoms with Crippen molar-refractivity contribution in [3.8, 4) is 5.88 Å². The molecule has 9 heteroatoms. The molecule has 4 aromatic rings. The van der Waals surface area contributed by atoms with Crippen LogP contribution in [0.4, 0.5) is 11.4 Å². The highest BCUT2D eigenvalue weighted by Gasteiger charge is 2.20. The fourth-order valence-corrected chi connectivity index (χ4v) is 3.88. The highest BCUT2D eigenvalue weighted by molar-refractivity contribution is 6.22. The zero-order chi connectivity index (χ0) is 25.5. The summed E-state index contributed by atoms with van der Waals surface area (Å²) in [6.07, 6.45) is 0.724. The van der Waals surface area contributed by atoms with Crippen molar-refractivity contribution >= 4 is 34.0 Å². The number of hydrogen-bond donors (Lipinski definition) is 3. The second-order valence-corrected chi connectivity index (χ2v) is 8.06. The molecule has 0 spiro atoms. The van der Waals surface area contributed by atoms with E-state index in [0.717, 1.165) is 17.5 Å². The number of aromatic amines is 1. The lowest BCUT2D eigenvalue weighted by Gasteiger charge is -2.09. The third kappa shape index (κ3) is 5.76. The maximum absolute atomic E-state index is 11.4. The van der Waals surface area contributed by atoms with Crippen molar-refractivity contribution in [3.05, 3.63) is 99.6 Å². The Morgan fingerprint density at radius 2 is 1.86 bits per heavy atom. The summed E-state index contributed by atoms with van der Waals surface area (Å²) in [5, 5.41) is 25.7. The third-order valence-electron chi connectivity index (χ3n) is 5.60. The molecule has 0 fully saturated rings. The Hall–Kier alpha value is -4.50. The Balaban J connectivity index is 1.64. The number of aromatic nitrogens is 1. The lowest BCUT2D eigenvalue weighted by molar-refractivity contribution is -0.384. The maximum Gasteiger partial charge on any atom is 0.319 e. The third-order valence-corrected chi connectivity index (χ3v) is 5.60. The number of H-pyrrole nitrogens is 1. The van der Waals surface area contributed by atoms with Gasteiger partial charge in [-0.05, 0) is 43.7 Å². The summed E-state index contributed by atoms with van der Waals surface area (Å²) >= 11 is 0. The molecule has 0 saturated heterocycles. The first kappa shape index (κ1) is 24.6. The van der Waals surface area contributed by atoms with Crippen molar-refractivity contribution in [1.29, 1.82) is 0 Å². The second kappa shape index (κ2) is 11.3. The van der Waals surface area contributed by atoms with E-state index in [1.165, 1.54) is 12.1 Å². The topological polar surface area (TPSA) is 130 Å². The summed E-state index contributed by atoms with van der Waals surface area (Å²) in [7, 11) is 0. The smallest absolute Gasteiger partial charge is 0.319 e. The molecule has 9 nitrogen and oxygen atoms in total. The second-order valence-electron chi connectivity index (χ2n) is 8.06. The summed E-state index contributed by atoms with van der Waals surface area (Å²) < 4.78 is 4.90. The minimum Gasteiger partial charge on any atom is -0.494 e. The number of nitro benzene ring substituents is 1. The van der Waals surface area contributed by atoms with Crippen LogP contribution in [0.15, 0.2) is 77.8 Å². The van der Waals surface area contributed by atoms with Crippen molar-refractivity contribution in [2.24, 2.45) is 4.99 Å². The predicted octanol–water partition coefficient (Wildman–Crippen LogP) is 4.65. The molecule has 3 N–H and O–H groups in total. The van der Waals surface area contributed by atoms with Crippen LogP contribution in [0.3, 0.4) is 0 Å². The van der Waals surface area contributed by atoms with Crippen LogP contribution in [0.1, 0.15) is 23.6 Å². The Bertz CT molecular complexity index is 1400. The van der Waals surface area contributed by atoms with E-state index >= 15 is 0 Å². The zero-order valence-corrected chi connectivity index (χ0v) is 19.7. The molecule has 0 aliphatic rings. The lowest BCUT2D eigenvalue weighted by Crippen LogP contribution is -2.26. The number of hydrogen-bond acceptors (Lipinski definition) is 7. The van der Waals surface area contributed by atoms with Gasteiger partial charge in [-0.25, -0.2) is 4.99 Å². The van der Waals surface area contributed by atoms with E-state index in [4.69, 9.17) is 9.73 Å². The summed E-state index contributed by atoms with van der Waals surface area (Å²) in [4.78, 5) is 30.0. The van der Waals surface area contributed by atoms with Crippen LogP contribution in [-0.2, 0) is 16.0 Å². The zero-order valence-electron chi connectivity index (χ0n) is 19.7. The molecule has 1 heterocycles. The fraction of sp³-hybridized carbons (Fsp3) is 0.185. The minimum atomic E-state index is -0.465. The first-order valence-corrected chi connectivity index (χ1v) is 11.5. The SMILES string of the molecule is CCOC(=O)CNCCc1ccc(N=C(c2ccccc2)c2c(O)[nH]c3ccc([N+](=O)[O-])cc23)cc1. The Morgan fingerprint density at radius 1 is 1.11 bits per heavy atom. The molecule has 0 unspecified atom stereocenters. The maximum atomic E-state index is 11.4. The van der Waals surface area contributed by atoms with E-state index in [-0.39, 0.29) is 24.1 Å². The van der Waals surface area contributed by atoms with Gasteiger partial charge in [0.05, 0.1) is 35.0 Å². The highest BCUT2D eigenvalue weighted by Crippen LogP contribution is 2.33. The van der Waals surface area contributed by atoms with Gasteiger partial charge in [-0.2, -0.15) is 0 Å². The van der Waals surface area contributed by atoms with Gasteiger partial charge in [-0.1, -0.05) is 42.5 Å². The number of fused-ring (bicyclic) bond motifs is 1. The molecule has 0 bridgehead atoms. The average molecular weight is 487 g/mol. The van der Waals surface area contributed by atoms with Crippen LogP contribution in [0.2, 0.25) is 0 Å². The molecule has 0 aliphatic carbocycles. The molecule has 36 heavy (non-hydrogen) atoms. The number of nitrogens with one attached hydrogen (secondary N) is 2. The first-order valence-electron chi connectivity index (χ1n) is 11.5. The lowest BCUT2D eigenvalue weighted by atomic mass is 10.0. The van der Waals surface area contributed by atoms with Crippen molar-refractivity contribution < 1.29 is 19.6 Å². The van der Waals surface area contributed by atoms with E-state index in [9.17, 15) is 20.0 Å². The van der Waals surface area contributed by atoms with Gasteiger partial charge in [0.2, 0.25) is 0 Å². The predicted molar refractivity (Wildman–Crippen MR) is 138 cm³/mol. The molecule has 3 aromatic carbocycles. The number of non-ortho nitro benzene ring substituents is 1. The number of aliphatic imine (C=N–C) groups is 1. The van der Waals surface area contributed by atoms with Crippen molar-refractivity contribution in [1.82, 2.24) is 10.3 Å². The van der Waals surface area contributed by atoms with Crippen LogP contribution < -0.4 is 5.32 Å². The minimum absolute atomic E-state index is 0.0731. The summed E-state index contributed by atoms with van der Waals surface area (Å²) in [5.74, 6) is -0.390. The number of benzene rings is 3. The van der Waals surface area contributed by atoms with Crippen LogP contribution >= 0.6 is 0 Å². The number of carbonyl (C=O) groups is 1. The van der Waals surface area contributed by atoms with Crippen molar-refractivity contribution in [2.75, 3.05) is 19.7 Å². The van der Waals surface area contributed by atoms with E-state index in [1.54, 1.807) is 13.0 Å². The molecular formula is C27H26N4O5. The van der Waals surface area contributed by atoms with E-state index in [1.807, 2.05) is 54.6 Å². The number of ether oxygens (including phenoxy) is 1. The normalized spacial score (nSPS) is 11.5. The van der Waals surface area contributed by atoms with Crippen LogP contribution in [-0.4, -0.2) is 46.4 Å². The summed E-state index contributed by atoms with van der Waals surface area (Å²) in [6, 6.07) is 21.4. The molecule has 184 valence electrons. The molecule has 0 atom stereocenters. The molecule has 0 saturated carbocycles. The Labute approximate surface area is 207 Å². The molecule has 1 aromatic heterocycles. The monoisotopic (exact) mass is 486 g/mol. The highest BCUT2D eigenvalue weighted by atomic mass is 16.6. The number of esters is 1. The standard InChI is InChI=1S/C27H26N4O5/c1-2-36-24(32)17-28-15-14-18-8-10-20(11-9-18)29-26(19-6-4-3-5-7-19)25-22-16-21(31(34)35)12-13-23(22)30-27(25)33/h3-13,16,28,30,33H,2,14-15,17H2,1H3. The molecular weight excluding hydrogens is 460 g/mol. The number of nitro groups is 1. The largest absolute Gasteiger partial charge is 0.494 e. The number of nitrogens with zero attached hydrogens (tertiary/aromatic N) is 2. The summed E-state index contributed by atoms with van der Waals surface area (Å²) in [5.41, 5.74) is 3.87. The van der Waals surface area contributed by atoms with Crippen LogP contribution in [0.5, 0.6) is 5.88 Å². The van der Waals surface area contributed by atoms with Crippen LogP contribution in [0, 0.1) is 10.1 Å².